The maximum atomic E-state index is 12.9. The van der Waals surface area contributed by atoms with Gasteiger partial charge in [0.15, 0.2) is 11.5 Å². The number of rotatable bonds is 6. The number of ether oxygens (including phenoxy) is 3. The van der Waals surface area contributed by atoms with Crippen molar-refractivity contribution in [3.05, 3.63) is 83.4 Å². The van der Waals surface area contributed by atoms with E-state index in [0.29, 0.717) is 28.3 Å². The zero-order valence-electron chi connectivity index (χ0n) is 18.7. The molecule has 3 aromatic rings. The molecule has 0 aromatic heterocycles. The molecular formula is C27H26N2O5. The Balaban J connectivity index is 1.25. The van der Waals surface area contributed by atoms with E-state index in [1.165, 1.54) is 6.42 Å². The van der Waals surface area contributed by atoms with Crippen LogP contribution in [-0.2, 0) is 6.61 Å². The first-order chi connectivity index (χ1) is 16.5. The Kier molecular flexibility index (Phi) is 5.84. The predicted molar refractivity (Wildman–Crippen MR) is 127 cm³/mol. The summed E-state index contributed by atoms with van der Waals surface area (Å²) in [5.74, 6) is 0.434. The third kappa shape index (κ3) is 4.55. The fraction of sp³-hybridized carbons (Fsp3) is 0.259. The van der Waals surface area contributed by atoms with E-state index in [0.717, 1.165) is 37.0 Å². The van der Waals surface area contributed by atoms with Crippen molar-refractivity contribution in [1.29, 1.82) is 0 Å². The third-order valence-corrected chi connectivity index (χ3v) is 6.14. The largest absolute Gasteiger partial charge is 0.488 e. The van der Waals surface area contributed by atoms with Crippen LogP contribution in [0.4, 0.5) is 5.69 Å². The van der Waals surface area contributed by atoms with E-state index in [1.54, 1.807) is 42.5 Å². The molecule has 2 aliphatic rings. The van der Waals surface area contributed by atoms with Crippen LogP contribution in [0.3, 0.4) is 0 Å². The van der Waals surface area contributed by atoms with Crippen LogP contribution in [0.2, 0.25) is 0 Å². The van der Waals surface area contributed by atoms with Gasteiger partial charge in [-0.25, -0.2) is 0 Å². The number of hydrogen-bond donors (Lipinski definition) is 2. The number of benzene rings is 3. The molecule has 1 aliphatic heterocycles. The molecule has 1 aliphatic carbocycles. The molecule has 1 spiro atoms. The zero-order chi connectivity index (χ0) is 23.5. The molecule has 1 fully saturated rings. The molecule has 7 nitrogen and oxygen atoms in total. The summed E-state index contributed by atoms with van der Waals surface area (Å²) in [6.07, 6.45) is 5.13. The maximum absolute atomic E-state index is 12.9. The molecule has 0 saturated heterocycles. The highest BCUT2D eigenvalue weighted by Crippen LogP contribution is 2.46. The topological polar surface area (TPSA) is 99.9 Å². The molecule has 3 N–H and O–H groups in total. The van der Waals surface area contributed by atoms with Crippen molar-refractivity contribution in [3.63, 3.8) is 0 Å². The minimum Gasteiger partial charge on any atom is -0.488 e. The second kappa shape index (κ2) is 9.09. The van der Waals surface area contributed by atoms with Crippen molar-refractivity contribution < 1.29 is 23.8 Å². The lowest BCUT2D eigenvalue weighted by molar-refractivity contribution is -0.105. The smallest absolute Gasteiger partial charge is 0.255 e. The quantitative estimate of drug-likeness (QED) is 0.539. The number of nitrogens with one attached hydrogen (secondary N) is 1. The van der Waals surface area contributed by atoms with Crippen LogP contribution in [0.5, 0.6) is 17.2 Å². The van der Waals surface area contributed by atoms with Gasteiger partial charge in [0.25, 0.3) is 17.6 Å². The van der Waals surface area contributed by atoms with Crippen molar-refractivity contribution in [2.24, 2.45) is 5.73 Å². The van der Waals surface area contributed by atoms with Crippen molar-refractivity contribution in [3.8, 4) is 17.2 Å². The van der Waals surface area contributed by atoms with Crippen molar-refractivity contribution in [2.75, 3.05) is 5.32 Å². The van der Waals surface area contributed by atoms with Crippen molar-refractivity contribution in [2.45, 2.75) is 44.5 Å². The van der Waals surface area contributed by atoms with Crippen molar-refractivity contribution in [1.82, 2.24) is 0 Å². The summed E-state index contributed by atoms with van der Waals surface area (Å²) in [5, 5.41) is 2.93. The minimum absolute atomic E-state index is 0.192. The minimum atomic E-state index is -0.554. The molecule has 3 aromatic carbocycles. The Morgan fingerprint density at radius 1 is 0.912 bits per heavy atom. The summed E-state index contributed by atoms with van der Waals surface area (Å²) < 4.78 is 18.0. The molecule has 1 heterocycles. The highest BCUT2D eigenvalue weighted by atomic mass is 16.7. The number of para-hydroxylation sites is 1. The van der Waals surface area contributed by atoms with Gasteiger partial charge in [0.05, 0.1) is 5.56 Å². The van der Waals surface area contributed by atoms with Gasteiger partial charge < -0.3 is 25.3 Å². The number of carbonyl (C=O) groups is 2. The first kappa shape index (κ1) is 21.8. The fourth-order valence-electron chi connectivity index (χ4n) is 4.43. The van der Waals surface area contributed by atoms with Crippen LogP contribution in [0.15, 0.2) is 66.7 Å². The normalized spacial score (nSPS) is 15.6. The highest BCUT2D eigenvalue weighted by molar-refractivity contribution is 6.04. The summed E-state index contributed by atoms with van der Waals surface area (Å²) in [6.45, 7) is 0.192. The van der Waals surface area contributed by atoms with E-state index in [-0.39, 0.29) is 12.5 Å². The molecule has 5 rings (SSSR count). The predicted octanol–water partition coefficient (Wildman–Crippen LogP) is 5.05. The molecule has 0 bridgehead atoms. The lowest BCUT2D eigenvalue weighted by Gasteiger charge is -2.31. The van der Waals surface area contributed by atoms with Crippen LogP contribution in [0.1, 0.15) is 58.4 Å². The van der Waals surface area contributed by atoms with Gasteiger partial charge in [-0.05, 0) is 54.8 Å². The zero-order valence-corrected chi connectivity index (χ0v) is 18.7. The Morgan fingerprint density at radius 2 is 1.71 bits per heavy atom. The fourth-order valence-corrected chi connectivity index (χ4v) is 4.43. The lowest BCUT2D eigenvalue weighted by atomic mass is 9.94. The monoisotopic (exact) mass is 458 g/mol. The number of amides is 2. The average molecular weight is 459 g/mol. The van der Waals surface area contributed by atoms with E-state index in [1.807, 2.05) is 24.3 Å². The second-order valence-corrected chi connectivity index (χ2v) is 8.64. The second-order valence-electron chi connectivity index (χ2n) is 8.64. The maximum Gasteiger partial charge on any atom is 0.255 e. The highest BCUT2D eigenvalue weighted by Gasteiger charge is 2.42. The SMILES string of the molecule is NC(=O)c1ccccc1OCc1cccc(C(=O)Nc2ccc3c(c2)OC2(CCCCC2)O3)c1. The number of nitrogens with two attached hydrogens (primary N) is 1. The van der Waals surface area contributed by atoms with Crippen LogP contribution >= 0.6 is 0 Å². The van der Waals surface area contributed by atoms with Gasteiger partial charge in [-0.1, -0.05) is 30.7 Å². The van der Waals surface area contributed by atoms with Gasteiger partial charge >= 0.3 is 0 Å². The summed E-state index contributed by atoms with van der Waals surface area (Å²) in [6, 6.07) is 19.4. The Hall–Kier alpha value is -4.00. The van der Waals surface area contributed by atoms with Gasteiger partial charge in [0.1, 0.15) is 12.4 Å². The van der Waals surface area contributed by atoms with Crippen LogP contribution in [0, 0.1) is 0 Å². The summed E-state index contributed by atoms with van der Waals surface area (Å²) in [4.78, 5) is 24.5. The van der Waals surface area contributed by atoms with Gasteiger partial charge in [-0.3, -0.25) is 9.59 Å². The molecule has 0 atom stereocenters. The molecular weight excluding hydrogens is 432 g/mol. The Labute approximate surface area is 197 Å². The molecule has 0 unspecified atom stereocenters. The molecule has 0 radical (unpaired) electrons. The van der Waals surface area contributed by atoms with E-state index in [9.17, 15) is 9.59 Å². The average Bonchev–Trinajstić information content (AvgIpc) is 3.19. The lowest BCUT2D eigenvalue weighted by Crippen LogP contribution is -2.40. The molecule has 174 valence electrons. The van der Waals surface area contributed by atoms with E-state index >= 15 is 0 Å². The first-order valence-corrected chi connectivity index (χ1v) is 11.5. The van der Waals surface area contributed by atoms with Crippen LogP contribution in [-0.4, -0.2) is 17.6 Å². The molecule has 2 amide bonds. The standard InChI is InChI=1S/C27H26N2O5/c28-25(30)21-9-2-3-10-22(21)32-17-18-7-6-8-19(15-18)26(31)29-20-11-12-23-24(16-20)34-27(33-23)13-4-1-5-14-27/h2-3,6-12,15-16H,1,4-5,13-14,17H2,(H2,28,30)(H,29,31). The molecule has 1 saturated carbocycles. The third-order valence-electron chi connectivity index (χ3n) is 6.14. The van der Waals surface area contributed by atoms with E-state index in [4.69, 9.17) is 19.9 Å². The Bertz CT molecular complexity index is 1230. The Morgan fingerprint density at radius 3 is 2.53 bits per heavy atom. The van der Waals surface area contributed by atoms with Crippen LogP contribution in [0.25, 0.3) is 0 Å². The summed E-state index contributed by atoms with van der Waals surface area (Å²) in [7, 11) is 0. The number of anilines is 1. The molecule has 34 heavy (non-hydrogen) atoms. The van der Waals surface area contributed by atoms with Gasteiger partial charge in [0, 0.05) is 30.2 Å². The first-order valence-electron chi connectivity index (χ1n) is 11.5. The number of primary amides is 1. The van der Waals surface area contributed by atoms with Crippen molar-refractivity contribution >= 4 is 17.5 Å². The van der Waals surface area contributed by atoms with E-state index in [2.05, 4.69) is 5.32 Å². The van der Waals surface area contributed by atoms with Gasteiger partial charge in [-0.2, -0.15) is 0 Å². The number of carbonyl (C=O) groups excluding carboxylic acids is 2. The number of hydrogen-bond acceptors (Lipinski definition) is 5. The van der Waals surface area contributed by atoms with Gasteiger partial charge in [-0.15, -0.1) is 0 Å². The van der Waals surface area contributed by atoms with Gasteiger partial charge in [0.2, 0.25) is 0 Å². The molecule has 7 heteroatoms. The van der Waals surface area contributed by atoms with Crippen LogP contribution < -0.4 is 25.3 Å². The van der Waals surface area contributed by atoms with E-state index < -0.39 is 11.7 Å². The summed E-state index contributed by atoms with van der Waals surface area (Å²) >= 11 is 0. The summed E-state index contributed by atoms with van der Waals surface area (Å²) in [5.41, 5.74) is 7.64. The number of fused-ring (bicyclic) bond motifs is 1.